The number of aromatic nitrogens is 1. The van der Waals surface area contributed by atoms with Crippen molar-refractivity contribution < 1.29 is 14.3 Å². The molecule has 1 aromatic heterocycles. The standard InChI is InChI=1S/C31H35N5O3S/c1-4-23(32-2)20-34-29-28(26(37)19-27-33-17-18-40-27)35-36-25(22-13-9-6-10-14-22)16-15-24(21-11-7-5-8-12-21)31(29,36)30(38)39-3/h5-18,23-25,29,32,34H,4,19-20H2,1-3H3. The molecule has 0 radical (unpaired) electrons. The summed E-state index contributed by atoms with van der Waals surface area (Å²) < 4.78 is 5.59. The molecule has 5 unspecified atom stereocenters. The Morgan fingerprint density at radius 1 is 1.07 bits per heavy atom. The summed E-state index contributed by atoms with van der Waals surface area (Å²) in [5.74, 6) is -1.04. The summed E-state index contributed by atoms with van der Waals surface area (Å²) in [6, 6.07) is 18.9. The number of nitrogens with one attached hydrogen (secondary N) is 2. The molecule has 3 aromatic rings. The summed E-state index contributed by atoms with van der Waals surface area (Å²) in [6.07, 6.45) is 6.83. The average Bonchev–Trinajstić information content (AvgIpc) is 3.64. The summed E-state index contributed by atoms with van der Waals surface area (Å²) in [4.78, 5) is 32.6. The van der Waals surface area contributed by atoms with E-state index in [0.717, 1.165) is 17.5 Å². The van der Waals surface area contributed by atoms with Gasteiger partial charge in [-0.15, -0.1) is 11.3 Å². The number of carbonyl (C=O) groups is 2. The molecule has 0 spiro atoms. The lowest BCUT2D eigenvalue weighted by Gasteiger charge is -2.49. The molecular formula is C31H35N5O3S. The third-order valence-electron chi connectivity index (χ3n) is 7.89. The summed E-state index contributed by atoms with van der Waals surface area (Å²) in [5, 5.41) is 16.3. The Labute approximate surface area is 239 Å². The van der Waals surface area contributed by atoms with Gasteiger partial charge in [0.25, 0.3) is 0 Å². The maximum Gasteiger partial charge on any atom is 0.336 e. The number of esters is 1. The zero-order chi connectivity index (χ0) is 28.1. The highest BCUT2D eigenvalue weighted by Crippen LogP contribution is 2.50. The molecule has 0 saturated carbocycles. The number of thiazole rings is 1. The molecule has 208 valence electrons. The fraction of sp³-hybridized carbons (Fsp3) is 0.355. The number of ketones is 1. The van der Waals surface area contributed by atoms with Gasteiger partial charge < -0.3 is 15.4 Å². The Hall–Kier alpha value is -3.66. The molecule has 0 amide bonds. The zero-order valence-electron chi connectivity index (χ0n) is 23.0. The second-order valence-electron chi connectivity index (χ2n) is 10.0. The van der Waals surface area contributed by atoms with E-state index < -0.39 is 23.5 Å². The number of benzene rings is 2. The molecule has 9 heteroatoms. The van der Waals surface area contributed by atoms with Crippen LogP contribution >= 0.6 is 11.3 Å². The smallest absolute Gasteiger partial charge is 0.336 e. The van der Waals surface area contributed by atoms with Gasteiger partial charge in [0.05, 0.1) is 25.6 Å². The predicted octanol–water partition coefficient (Wildman–Crippen LogP) is 3.89. The van der Waals surface area contributed by atoms with Crippen LogP contribution in [0.3, 0.4) is 0 Å². The van der Waals surface area contributed by atoms with E-state index in [0.29, 0.717) is 17.3 Å². The van der Waals surface area contributed by atoms with Crippen LogP contribution in [0.5, 0.6) is 0 Å². The Morgan fingerprint density at radius 3 is 2.38 bits per heavy atom. The third kappa shape index (κ3) is 5.00. The highest BCUT2D eigenvalue weighted by molar-refractivity contribution is 7.09. The van der Waals surface area contributed by atoms with E-state index in [1.807, 2.05) is 78.1 Å². The summed E-state index contributed by atoms with van der Waals surface area (Å²) in [6.45, 7) is 2.64. The van der Waals surface area contributed by atoms with Gasteiger partial charge >= 0.3 is 5.97 Å². The molecule has 3 heterocycles. The molecule has 2 aromatic carbocycles. The molecule has 2 N–H and O–H groups in total. The summed E-state index contributed by atoms with van der Waals surface area (Å²) in [7, 11) is 3.32. The van der Waals surface area contributed by atoms with Crippen LogP contribution < -0.4 is 10.6 Å². The van der Waals surface area contributed by atoms with Gasteiger partial charge in [0.1, 0.15) is 10.7 Å². The van der Waals surface area contributed by atoms with Crippen LogP contribution in [-0.2, 0) is 20.7 Å². The molecule has 40 heavy (non-hydrogen) atoms. The van der Waals surface area contributed by atoms with Crippen molar-refractivity contribution in [1.82, 2.24) is 20.6 Å². The number of hydrogen-bond acceptors (Lipinski definition) is 9. The van der Waals surface area contributed by atoms with Crippen LogP contribution in [0.25, 0.3) is 0 Å². The van der Waals surface area contributed by atoms with Crippen molar-refractivity contribution in [3.05, 3.63) is 101 Å². The number of fused-ring (bicyclic) bond motifs is 1. The first-order valence-electron chi connectivity index (χ1n) is 13.6. The Bertz CT molecular complexity index is 1360. The monoisotopic (exact) mass is 557 g/mol. The first-order valence-corrected chi connectivity index (χ1v) is 14.5. The summed E-state index contributed by atoms with van der Waals surface area (Å²) in [5.41, 5.74) is 0.885. The van der Waals surface area contributed by atoms with Gasteiger partial charge in [0, 0.05) is 30.1 Å². The fourth-order valence-electron chi connectivity index (χ4n) is 5.83. The minimum absolute atomic E-state index is 0.114. The molecule has 8 nitrogen and oxygen atoms in total. The van der Waals surface area contributed by atoms with Crippen LogP contribution in [0.15, 0.2) is 89.5 Å². The predicted molar refractivity (Wildman–Crippen MR) is 157 cm³/mol. The number of carbonyl (C=O) groups excluding carboxylic acids is 2. The largest absolute Gasteiger partial charge is 0.467 e. The van der Waals surface area contributed by atoms with Gasteiger partial charge in [0.2, 0.25) is 0 Å². The number of ether oxygens (including phenoxy) is 1. The normalized spacial score (nSPS) is 24.3. The maximum absolute atomic E-state index is 14.3. The van der Waals surface area contributed by atoms with Crippen molar-refractivity contribution in [2.75, 3.05) is 20.7 Å². The van der Waals surface area contributed by atoms with Crippen molar-refractivity contribution in [3.8, 4) is 0 Å². The van der Waals surface area contributed by atoms with Gasteiger partial charge in [0.15, 0.2) is 11.3 Å². The first-order chi connectivity index (χ1) is 19.5. The average molecular weight is 558 g/mol. The van der Waals surface area contributed by atoms with Crippen molar-refractivity contribution >= 4 is 28.8 Å². The number of hydrazone groups is 1. The molecule has 2 aliphatic heterocycles. The van der Waals surface area contributed by atoms with E-state index in [4.69, 9.17) is 9.84 Å². The van der Waals surface area contributed by atoms with Crippen LogP contribution in [0.1, 0.15) is 41.4 Å². The SMILES string of the molecule is CCC(CNC1C(C(=O)Cc2nccs2)=NN2C(c3ccccc3)C=CC(c3ccccc3)C12C(=O)OC)NC. The van der Waals surface area contributed by atoms with E-state index in [2.05, 4.69) is 34.7 Å². The molecule has 0 fully saturated rings. The minimum atomic E-state index is -1.34. The number of likely N-dealkylation sites (N-methyl/N-ethyl adjacent to an activating group) is 1. The molecule has 0 bridgehead atoms. The van der Waals surface area contributed by atoms with E-state index in [-0.39, 0.29) is 24.3 Å². The summed E-state index contributed by atoms with van der Waals surface area (Å²) >= 11 is 1.43. The Balaban J connectivity index is 1.70. The number of nitrogens with zero attached hydrogens (tertiary/aromatic N) is 3. The molecule has 0 saturated heterocycles. The fourth-order valence-corrected chi connectivity index (χ4v) is 6.45. The van der Waals surface area contributed by atoms with Crippen LogP contribution in [-0.4, -0.2) is 65.8 Å². The van der Waals surface area contributed by atoms with Crippen molar-refractivity contribution in [2.24, 2.45) is 5.10 Å². The second kappa shape index (κ2) is 12.2. The van der Waals surface area contributed by atoms with Crippen molar-refractivity contribution in [3.63, 3.8) is 0 Å². The first kappa shape index (κ1) is 27.9. The maximum atomic E-state index is 14.3. The highest BCUT2D eigenvalue weighted by Gasteiger charge is 2.65. The highest BCUT2D eigenvalue weighted by atomic mass is 32.1. The van der Waals surface area contributed by atoms with Gasteiger partial charge in [-0.3, -0.25) is 9.80 Å². The molecular weight excluding hydrogens is 522 g/mol. The lowest BCUT2D eigenvalue weighted by Crippen LogP contribution is -2.68. The molecule has 0 aliphatic carbocycles. The lowest BCUT2D eigenvalue weighted by molar-refractivity contribution is -0.158. The van der Waals surface area contributed by atoms with E-state index >= 15 is 0 Å². The van der Waals surface area contributed by atoms with E-state index in [9.17, 15) is 9.59 Å². The van der Waals surface area contributed by atoms with E-state index in [1.165, 1.54) is 18.4 Å². The lowest BCUT2D eigenvalue weighted by atomic mass is 9.69. The van der Waals surface area contributed by atoms with Gasteiger partial charge in [-0.2, -0.15) is 5.10 Å². The van der Waals surface area contributed by atoms with Crippen molar-refractivity contribution in [1.29, 1.82) is 0 Å². The number of rotatable bonds is 11. The second-order valence-corrected chi connectivity index (χ2v) is 11.0. The van der Waals surface area contributed by atoms with Gasteiger partial charge in [-0.1, -0.05) is 79.7 Å². The third-order valence-corrected chi connectivity index (χ3v) is 8.67. The molecule has 2 aliphatic rings. The van der Waals surface area contributed by atoms with Crippen LogP contribution in [0.2, 0.25) is 0 Å². The quantitative estimate of drug-likeness (QED) is 0.273. The van der Waals surface area contributed by atoms with Gasteiger partial charge in [-0.05, 0) is 24.6 Å². The molecule has 5 rings (SSSR count). The van der Waals surface area contributed by atoms with Crippen molar-refractivity contribution in [2.45, 2.75) is 49.3 Å². The van der Waals surface area contributed by atoms with Crippen LogP contribution in [0.4, 0.5) is 0 Å². The zero-order valence-corrected chi connectivity index (χ0v) is 23.8. The molecule has 5 atom stereocenters. The van der Waals surface area contributed by atoms with Gasteiger partial charge in [-0.25, -0.2) is 9.78 Å². The minimum Gasteiger partial charge on any atom is -0.467 e. The number of Topliss-reactive ketones (excluding diaryl/α,β-unsaturated/α-hetero) is 1. The van der Waals surface area contributed by atoms with Crippen LogP contribution in [0, 0.1) is 0 Å². The number of methoxy groups -OCH3 is 1. The number of hydrogen-bond donors (Lipinski definition) is 2. The topological polar surface area (TPSA) is 95.9 Å². The Kier molecular flexibility index (Phi) is 8.54. The Morgan fingerprint density at radius 2 is 1.77 bits per heavy atom. The van der Waals surface area contributed by atoms with E-state index in [1.54, 1.807) is 6.20 Å².